The van der Waals surface area contributed by atoms with Crippen molar-refractivity contribution in [1.82, 2.24) is 9.97 Å². The molecule has 0 aliphatic heterocycles. The van der Waals surface area contributed by atoms with Crippen molar-refractivity contribution in [3.63, 3.8) is 0 Å². The lowest BCUT2D eigenvalue weighted by Crippen LogP contribution is -1.99. The lowest BCUT2D eigenvalue weighted by molar-refractivity contribution is -0.136. The van der Waals surface area contributed by atoms with Crippen LogP contribution in [0.3, 0.4) is 0 Å². The maximum Gasteiger partial charge on any atom is 0.307 e. The van der Waals surface area contributed by atoms with Crippen molar-refractivity contribution in [3.05, 3.63) is 30.1 Å². The zero-order chi connectivity index (χ0) is 9.26. The van der Waals surface area contributed by atoms with E-state index in [1.54, 1.807) is 18.5 Å². The molecule has 0 unspecified atom stereocenters. The number of fused-ring (bicyclic) bond motifs is 1. The molecule has 0 fully saturated rings. The number of aromatic amines is 1. The number of carbonyl (C=O) groups is 1. The summed E-state index contributed by atoms with van der Waals surface area (Å²) in [6.07, 6.45) is 1.64. The highest BCUT2D eigenvalue weighted by Crippen LogP contribution is 2.11. The van der Waals surface area contributed by atoms with Crippen LogP contribution in [0.15, 0.2) is 24.5 Å². The summed E-state index contributed by atoms with van der Waals surface area (Å²) in [6, 6.07) is 5.40. The monoisotopic (exact) mass is 176 g/mol. The molecule has 0 saturated carbocycles. The fourth-order valence-corrected chi connectivity index (χ4v) is 1.26. The number of carboxylic acids is 1. The van der Waals surface area contributed by atoms with E-state index in [-0.39, 0.29) is 6.42 Å². The summed E-state index contributed by atoms with van der Waals surface area (Å²) in [5, 5.41) is 8.56. The predicted molar refractivity (Wildman–Crippen MR) is 47.4 cm³/mol. The molecule has 1 aromatic carbocycles. The molecule has 0 radical (unpaired) electrons. The average molecular weight is 176 g/mol. The number of hydrogen-bond donors (Lipinski definition) is 2. The van der Waals surface area contributed by atoms with Crippen LogP contribution < -0.4 is 0 Å². The lowest BCUT2D eigenvalue weighted by Gasteiger charge is -1.95. The van der Waals surface area contributed by atoms with Gasteiger partial charge < -0.3 is 10.1 Å². The Hall–Kier alpha value is -1.84. The van der Waals surface area contributed by atoms with Crippen LogP contribution in [0.25, 0.3) is 11.0 Å². The van der Waals surface area contributed by atoms with E-state index in [9.17, 15) is 4.79 Å². The minimum absolute atomic E-state index is 0.0444. The first kappa shape index (κ1) is 7.79. The molecule has 4 heteroatoms. The Morgan fingerprint density at radius 3 is 3.15 bits per heavy atom. The summed E-state index contributed by atoms with van der Waals surface area (Å²) >= 11 is 0. The zero-order valence-corrected chi connectivity index (χ0v) is 6.82. The number of aliphatic carboxylic acids is 1. The van der Waals surface area contributed by atoms with Gasteiger partial charge in [0, 0.05) is 0 Å². The maximum absolute atomic E-state index is 10.4. The fraction of sp³-hybridized carbons (Fsp3) is 0.111. The van der Waals surface area contributed by atoms with Crippen LogP contribution in [-0.2, 0) is 11.2 Å². The van der Waals surface area contributed by atoms with Crippen molar-refractivity contribution in [2.45, 2.75) is 6.42 Å². The third kappa shape index (κ3) is 1.51. The van der Waals surface area contributed by atoms with Gasteiger partial charge in [0.1, 0.15) is 0 Å². The minimum Gasteiger partial charge on any atom is -0.481 e. The first-order chi connectivity index (χ1) is 6.25. The molecular weight excluding hydrogens is 168 g/mol. The molecule has 2 N–H and O–H groups in total. The van der Waals surface area contributed by atoms with Crippen LogP contribution in [0, 0.1) is 0 Å². The highest BCUT2D eigenvalue weighted by molar-refractivity contribution is 5.77. The van der Waals surface area contributed by atoms with Gasteiger partial charge in [0.05, 0.1) is 23.8 Å². The van der Waals surface area contributed by atoms with E-state index in [0.29, 0.717) is 0 Å². The van der Waals surface area contributed by atoms with Gasteiger partial charge in [0.25, 0.3) is 0 Å². The molecule has 1 aromatic heterocycles. The molecule has 2 aromatic rings. The van der Waals surface area contributed by atoms with Crippen LogP contribution in [0.5, 0.6) is 0 Å². The largest absolute Gasteiger partial charge is 0.481 e. The summed E-state index contributed by atoms with van der Waals surface area (Å²) in [7, 11) is 0. The second-order valence-electron chi connectivity index (χ2n) is 2.82. The van der Waals surface area contributed by atoms with Gasteiger partial charge in [-0.05, 0) is 17.7 Å². The standard InChI is InChI=1S/C9H8N2O2/c12-9(13)4-6-1-2-7-8(3-6)11-5-10-7/h1-3,5H,4H2,(H,10,11)(H,12,13). The van der Waals surface area contributed by atoms with Gasteiger partial charge in [-0.25, -0.2) is 4.98 Å². The summed E-state index contributed by atoms with van der Waals surface area (Å²) in [5.41, 5.74) is 2.50. The van der Waals surface area contributed by atoms with Gasteiger partial charge in [-0.15, -0.1) is 0 Å². The van der Waals surface area contributed by atoms with Crippen molar-refractivity contribution in [2.24, 2.45) is 0 Å². The Morgan fingerprint density at radius 1 is 1.54 bits per heavy atom. The normalized spacial score (nSPS) is 10.5. The van der Waals surface area contributed by atoms with Gasteiger partial charge in [-0.3, -0.25) is 4.79 Å². The quantitative estimate of drug-likeness (QED) is 0.722. The molecule has 0 saturated heterocycles. The van der Waals surface area contributed by atoms with Crippen molar-refractivity contribution >= 4 is 17.0 Å². The third-order valence-electron chi connectivity index (χ3n) is 1.84. The van der Waals surface area contributed by atoms with Gasteiger partial charge in [0.15, 0.2) is 0 Å². The number of imidazole rings is 1. The topological polar surface area (TPSA) is 66.0 Å². The second-order valence-corrected chi connectivity index (χ2v) is 2.82. The molecule has 0 aliphatic carbocycles. The average Bonchev–Trinajstić information content (AvgIpc) is 2.49. The maximum atomic E-state index is 10.4. The minimum atomic E-state index is -0.824. The Labute approximate surface area is 74.2 Å². The number of hydrogen-bond acceptors (Lipinski definition) is 2. The van der Waals surface area contributed by atoms with Gasteiger partial charge >= 0.3 is 5.97 Å². The van der Waals surface area contributed by atoms with Crippen LogP contribution in [0.4, 0.5) is 0 Å². The van der Waals surface area contributed by atoms with E-state index in [2.05, 4.69) is 9.97 Å². The first-order valence-corrected chi connectivity index (χ1v) is 3.89. The smallest absolute Gasteiger partial charge is 0.307 e. The number of carboxylic acid groups (broad SMARTS) is 1. The number of nitrogens with one attached hydrogen (secondary N) is 1. The Bertz CT molecular complexity index is 448. The molecule has 0 aliphatic rings. The predicted octanol–water partition coefficient (Wildman–Crippen LogP) is 1.19. The summed E-state index contributed by atoms with van der Waals surface area (Å²) in [6.45, 7) is 0. The number of rotatable bonds is 2. The van der Waals surface area contributed by atoms with E-state index in [0.717, 1.165) is 16.6 Å². The molecule has 0 bridgehead atoms. The van der Waals surface area contributed by atoms with Crippen LogP contribution in [0.1, 0.15) is 5.56 Å². The van der Waals surface area contributed by atoms with Gasteiger partial charge in [0.2, 0.25) is 0 Å². The van der Waals surface area contributed by atoms with Gasteiger partial charge in [-0.2, -0.15) is 0 Å². The SMILES string of the molecule is O=C(O)Cc1ccc2[nH]cnc2c1. The van der Waals surface area contributed by atoms with E-state index in [1.807, 2.05) is 6.07 Å². The number of aromatic nitrogens is 2. The van der Waals surface area contributed by atoms with E-state index >= 15 is 0 Å². The molecule has 4 nitrogen and oxygen atoms in total. The molecule has 66 valence electrons. The third-order valence-corrected chi connectivity index (χ3v) is 1.84. The van der Waals surface area contributed by atoms with E-state index in [4.69, 9.17) is 5.11 Å². The summed E-state index contributed by atoms with van der Waals surface area (Å²) < 4.78 is 0. The lowest BCUT2D eigenvalue weighted by atomic mass is 10.1. The van der Waals surface area contributed by atoms with Crippen molar-refractivity contribution in [1.29, 1.82) is 0 Å². The van der Waals surface area contributed by atoms with Gasteiger partial charge in [-0.1, -0.05) is 6.07 Å². The van der Waals surface area contributed by atoms with Crippen molar-refractivity contribution in [2.75, 3.05) is 0 Å². The fourth-order valence-electron chi connectivity index (χ4n) is 1.26. The Kier molecular flexibility index (Phi) is 1.73. The molecule has 1 heterocycles. The Balaban J connectivity index is 2.42. The van der Waals surface area contributed by atoms with Crippen LogP contribution in [0.2, 0.25) is 0 Å². The number of benzene rings is 1. The molecular formula is C9H8N2O2. The van der Waals surface area contributed by atoms with E-state index in [1.165, 1.54) is 0 Å². The molecule has 0 amide bonds. The van der Waals surface area contributed by atoms with Crippen molar-refractivity contribution < 1.29 is 9.90 Å². The molecule has 0 spiro atoms. The summed E-state index contributed by atoms with van der Waals surface area (Å²) in [5.74, 6) is -0.824. The van der Waals surface area contributed by atoms with Crippen molar-refractivity contribution in [3.8, 4) is 0 Å². The van der Waals surface area contributed by atoms with Crippen LogP contribution >= 0.6 is 0 Å². The zero-order valence-electron chi connectivity index (χ0n) is 6.82. The highest BCUT2D eigenvalue weighted by Gasteiger charge is 2.02. The van der Waals surface area contributed by atoms with Crippen LogP contribution in [-0.4, -0.2) is 21.0 Å². The second kappa shape index (κ2) is 2.90. The molecule has 2 rings (SSSR count). The summed E-state index contributed by atoms with van der Waals surface area (Å²) in [4.78, 5) is 17.4. The highest BCUT2D eigenvalue weighted by atomic mass is 16.4. The molecule has 13 heavy (non-hydrogen) atoms. The molecule has 0 atom stereocenters. The Morgan fingerprint density at radius 2 is 2.38 bits per heavy atom. The number of nitrogens with zero attached hydrogens (tertiary/aromatic N) is 1. The first-order valence-electron chi connectivity index (χ1n) is 3.89. The number of H-pyrrole nitrogens is 1. The van der Waals surface area contributed by atoms with E-state index < -0.39 is 5.97 Å².